The van der Waals surface area contributed by atoms with Crippen molar-refractivity contribution in [2.45, 2.75) is 31.3 Å². The highest BCUT2D eigenvalue weighted by atomic mass is 35.5. The van der Waals surface area contributed by atoms with Crippen LogP contribution in [0.1, 0.15) is 18.7 Å². The van der Waals surface area contributed by atoms with Crippen LogP contribution in [0.3, 0.4) is 0 Å². The number of halogens is 3. The molecule has 1 aliphatic rings. The molecule has 7 heteroatoms. The third-order valence-electron chi connectivity index (χ3n) is 3.23. The number of alkyl halides is 1. The van der Waals surface area contributed by atoms with E-state index < -0.39 is 5.82 Å². The third-order valence-corrected chi connectivity index (χ3v) is 3.76. The molecule has 1 saturated carbocycles. The fraction of sp³-hybridized carbons (Fsp3) is 0.385. The highest BCUT2D eigenvalue weighted by molar-refractivity contribution is 6.31. The van der Waals surface area contributed by atoms with Crippen LogP contribution in [0.5, 0.6) is 0 Å². The Bertz CT molecular complexity index is 682. The van der Waals surface area contributed by atoms with Crippen molar-refractivity contribution in [1.82, 2.24) is 14.9 Å². The van der Waals surface area contributed by atoms with E-state index in [9.17, 15) is 9.18 Å². The predicted octanol–water partition coefficient (Wildman–Crippen LogP) is 2.85. The number of nitrogens with one attached hydrogen (secondary N) is 1. The van der Waals surface area contributed by atoms with E-state index in [4.69, 9.17) is 23.2 Å². The van der Waals surface area contributed by atoms with Crippen LogP contribution in [0.4, 0.5) is 4.39 Å². The van der Waals surface area contributed by atoms with Gasteiger partial charge in [-0.15, -0.1) is 11.6 Å². The molecule has 3 rings (SSSR count). The molecule has 0 aliphatic heterocycles. The SMILES string of the molecule is O=C(Cn1c(CCl)nc2cc(Cl)c(F)cc21)NC1CC1. The van der Waals surface area contributed by atoms with Gasteiger partial charge in [0.2, 0.25) is 5.91 Å². The van der Waals surface area contributed by atoms with Crippen molar-refractivity contribution >= 4 is 40.1 Å². The molecule has 0 radical (unpaired) electrons. The maximum Gasteiger partial charge on any atom is 0.240 e. The molecule has 0 unspecified atom stereocenters. The van der Waals surface area contributed by atoms with Gasteiger partial charge < -0.3 is 9.88 Å². The average Bonchev–Trinajstić information content (AvgIpc) is 3.15. The minimum atomic E-state index is -0.538. The van der Waals surface area contributed by atoms with E-state index in [0.29, 0.717) is 16.9 Å². The molecule has 1 amide bonds. The van der Waals surface area contributed by atoms with Crippen molar-refractivity contribution in [2.24, 2.45) is 0 Å². The molecule has 1 aromatic carbocycles. The molecule has 1 fully saturated rings. The van der Waals surface area contributed by atoms with Crippen molar-refractivity contribution in [3.63, 3.8) is 0 Å². The van der Waals surface area contributed by atoms with Crippen LogP contribution < -0.4 is 5.32 Å². The maximum absolute atomic E-state index is 13.6. The van der Waals surface area contributed by atoms with Gasteiger partial charge in [-0.1, -0.05) is 11.6 Å². The molecule has 20 heavy (non-hydrogen) atoms. The van der Waals surface area contributed by atoms with Crippen molar-refractivity contribution in [3.8, 4) is 0 Å². The number of hydrogen-bond acceptors (Lipinski definition) is 2. The molecule has 106 valence electrons. The summed E-state index contributed by atoms with van der Waals surface area (Å²) in [5.74, 6) is 0.0109. The van der Waals surface area contributed by atoms with Gasteiger partial charge in [-0.2, -0.15) is 0 Å². The van der Waals surface area contributed by atoms with Crippen molar-refractivity contribution in [3.05, 3.63) is 28.8 Å². The van der Waals surface area contributed by atoms with Gasteiger partial charge in [0.15, 0.2) is 0 Å². The number of hydrogen-bond donors (Lipinski definition) is 1. The lowest BCUT2D eigenvalue weighted by Crippen LogP contribution is -2.29. The van der Waals surface area contributed by atoms with E-state index >= 15 is 0 Å². The molecule has 2 aromatic rings. The number of aromatic nitrogens is 2. The van der Waals surface area contributed by atoms with Crippen molar-refractivity contribution in [1.29, 1.82) is 0 Å². The van der Waals surface area contributed by atoms with Gasteiger partial charge in [-0.3, -0.25) is 4.79 Å². The molecular weight excluding hydrogens is 304 g/mol. The normalized spacial score (nSPS) is 14.8. The predicted molar refractivity (Wildman–Crippen MR) is 75.4 cm³/mol. The Hall–Kier alpha value is -1.33. The zero-order valence-corrected chi connectivity index (χ0v) is 12.0. The van der Waals surface area contributed by atoms with E-state index in [0.717, 1.165) is 12.8 Å². The van der Waals surface area contributed by atoms with Crippen LogP contribution in [0.2, 0.25) is 5.02 Å². The number of amides is 1. The van der Waals surface area contributed by atoms with Gasteiger partial charge in [0.05, 0.1) is 21.9 Å². The van der Waals surface area contributed by atoms with Crippen LogP contribution >= 0.6 is 23.2 Å². The lowest BCUT2D eigenvalue weighted by molar-refractivity contribution is -0.121. The topological polar surface area (TPSA) is 46.9 Å². The molecule has 1 aromatic heterocycles. The standard InChI is InChI=1S/C13H12Cl2FN3O/c14-5-12-18-10-3-8(15)9(16)4-11(10)19(12)6-13(20)17-7-1-2-7/h3-4,7H,1-2,5-6H2,(H,17,20). The number of carbonyl (C=O) groups excluding carboxylic acids is 1. The first-order chi connectivity index (χ1) is 9.58. The van der Waals surface area contributed by atoms with E-state index in [2.05, 4.69) is 10.3 Å². The number of imidazole rings is 1. The molecule has 4 nitrogen and oxygen atoms in total. The number of nitrogens with zero attached hydrogens (tertiary/aromatic N) is 2. The second kappa shape index (κ2) is 5.22. The number of benzene rings is 1. The minimum absolute atomic E-state index is 0.00528. The maximum atomic E-state index is 13.6. The molecule has 1 N–H and O–H groups in total. The summed E-state index contributed by atoms with van der Waals surface area (Å²) in [6.45, 7) is 0.0795. The first kappa shape index (κ1) is 13.6. The molecule has 1 heterocycles. The van der Waals surface area contributed by atoms with E-state index in [1.54, 1.807) is 4.57 Å². The summed E-state index contributed by atoms with van der Waals surface area (Å²) in [6, 6.07) is 3.01. The summed E-state index contributed by atoms with van der Waals surface area (Å²) in [7, 11) is 0. The lowest BCUT2D eigenvalue weighted by atomic mass is 10.3. The van der Waals surface area contributed by atoms with Gasteiger partial charge in [0, 0.05) is 12.1 Å². The number of fused-ring (bicyclic) bond motifs is 1. The smallest absolute Gasteiger partial charge is 0.240 e. The van der Waals surface area contributed by atoms with Crippen LogP contribution in [-0.4, -0.2) is 21.5 Å². The highest BCUT2D eigenvalue weighted by Gasteiger charge is 2.24. The Morgan fingerprint density at radius 2 is 2.25 bits per heavy atom. The molecule has 0 atom stereocenters. The van der Waals surface area contributed by atoms with Crippen LogP contribution in [0, 0.1) is 5.82 Å². The Morgan fingerprint density at radius 3 is 2.90 bits per heavy atom. The first-order valence-corrected chi connectivity index (χ1v) is 7.19. The van der Waals surface area contributed by atoms with Gasteiger partial charge in [0.1, 0.15) is 18.2 Å². The number of carbonyl (C=O) groups is 1. The Morgan fingerprint density at radius 1 is 1.50 bits per heavy atom. The Kier molecular flexibility index (Phi) is 3.56. The van der Waals surface area contributed by atoms with Gasteiger partial charge in [-0.05, 0) is 18.9 Å². The summed E-state index contributed by atoms with van der Waals surface area (Å²) < 4.78 is 15.2. The van der Waals surface area contributed by atoms with Crippen molar-refractivity contribution in [2.75, 3.05) is 0 Å². The quantitative estimate of drug-likeness (QED) is 0.882. The van der Waals surface area contributed by atoms with E-state index in [1.807, 2.05) is 0 Å². The monoisotopic (exact) mass is 315 g/mol. The fourth-order valence-corrected chi connectivity index (χ4v) is 2.45. The summed E-state index contributed by atoms with van der Waals surface area (Å²) in [4.78, 5) is 16.2. The summed E-state index contributed by atoms with van der Waals surface area (Å²) in [5, 5.41) is 2.89. The van der Waals surface area contributed by atoms with Gasteiger partial charge in [-0.25, -0.2) is 9.37 Å². The highest BCUT2D eigenvalue weighted by Crippen LogP contribution is 2.25. The summed E-state index contributed by atoms with van der Waals surface area (Å²) >= 11 is 11.6. The van der Waals surface area contributed by atoms with E-state index in [-0.39, 0.29) is 29.4 Å². The van der Waals surface area contributed by atoms with Crippen molar-refractivity contribution < 1.29 is 9.18 Å². The lowest BCUT2D eigenvalue weighted by Gasteiger charge is -2.08. The van der Waals surface area contributed by atoms with Crippen LogP contribution in [0.15, 0.2) is 12.1 Å². The third kappa shape index (κ3) is 2.60. The zero-order valence-electron chi connectivity index (χ0n) is 10.5. The van der Waals surface area contributed by atoms with E-state index in [1.165, 1.54) is 12.1 Å². The molecule has 0 spiro atoms. The van der Waals surface area contributed by atoms with Gasteiger partial charge >= 0.3 is 0 Å². The molecule has 1 aliphatic carbocycles. The largest absolute Gasteiger partial charge is 0.352 e. The fourth-order valence-electron chi connectivity index (χ4n) is 2.09. The molecule has 0 saturated heterocycles. The molecular formula is C13H12Cl2FN3O. The van der Waals surface area contributed by atoms with Crippen LogP contribution in [-0.2, 0) is 17.2 Å². The second-order valence-corrected chi connectivity index (χ2v) is 5.52. The first-order valence-electron chi connectivity index (χ1n) is 6.28. The number of rotatable bonds is 4. The summed E-state index contributed by atoms with van der Waals surface area (Å²) in [5.41, 5.74) is 1.06. The Balaban J connectivity index is 1.98. The van der Waals surface area contributed by atoms with Gasteiger partial charge in [0.25, 0.3) is 0 Å². The van der Waals surface area contributed by atoms with Crippen LogP contribution in [0.25, 0.3) is 11.0 Å². The molecule has 0 bridgehead atoms. The zero-order chi connectivity index (χ0) is 14.3. The Labute approximate surface area is 124 Å². The second-order valence-electron chi connectivity index (χ2n) is 4.84. The minimum Gasteiger partial charge on any atom is -0.352 e. The average molecular weight is 316 g/mol. The summed E-state index contributed by atoms with van der Waals surface area (Å²) in [6.07, 6.45) is 2.03.